The van der Waals surface area contributed by atoms with Crippen molar-refractivity contribution in [3.05, 3.63) is 237 Å². The molecule has 11 aromatic rings. The molecular weight excluding hydrogens is 800 g/mol. The SMILES string of the molecule is O=P(c1ccccc1)(c1ccccc1)c1ccc(-c2nc(-c3ccccc3)nc(-c3cccc(-c4cccc(-c5cccc6c(-c7ccccc7)nc7ccccc7c56)c4)c3)n2)cc1. The molecule has 0 radical (unpaired) electrons. The van der Waals surface area contributed by atoms with E-state index in [1.807, 2.05) is 121 Å². The number of nitrogens with zero attached hydrogens (tertiary/aromatic N) is 4. The van der Waals surface area contributed by atoms with E-state index in [4.69, 9.17) is 19.9 Å². The summed E-state index contributed by atoms with van der Waals surface area (Å²) >= 11 is 0. The van der Waals surface area contributed by atoms with Crippen LogP contribution < -0.4 is 15.9 Å². The molecule has 5 nitrogen and oxygen atoms in total. The number of benzene rings is 9. The van der Waals surface area contributed by atoms with Crippen molar-refractivity contribution < 1.29 is 4.57 Å². The molecule has 0 saturated heterocycles. The monoisotopic (exact) mass is 838 g/mol. The molecule has 0 fully saturated rings. The lowest BCUT2D eigenvalue weighted by Gasteiger charge is -2.20. The number of aromatic nitrogens is 4. The Hall–Kier alpha value is -8.11. The molecule has 0 spiro atoms. The third-order valence-corrected chi connectivity index (χ3v) is 14.9. The molecule has 2 heterocycles. The lowest BCUT2D eigenvalue weighted by atomic mass is 9.91. The van der Waals surface area contributed by atoms with Crippen molar-refractivity contribution in [2.45, 2.75) is 0 Å². The summed E-state index contributed by atoms with van der Waals surface area (Å²) in [5.41, 5.74) is 9.97. The van der Waals surface area contributed by atoms with Crippen LogP contribution in [0.3, 0.4) is 0 Å². The molecule has 0 atom stereocenters. The van der Waals surface area contributed by atoms with Crippen LogP contribution in [0.5, 0.6) is 0 Å². The second-order valence-corrected chi connectivity index (χ2v) is 18.5. The molecule has 0 bridgehead atoms. The van der Waals surface area contributed by atoms with Crippen molar-refractivity contribution in [1.82, 2.24) is 19.9 Å². The minimum Gasteiger partial charge on any atom is -0.309 e. The van der Waals surface area contributed by atoms with Gasteiger partial charge in [-0.25, -0.2) is 19.9 Å². The largest absolute Gasteiger partial charge is 0.309 e. The Labute approximate surface area is 371 Å². The van der Waals surface area contributed by atoms with Gasteiger partial charge in [0.1, 0.15) is 0 Å². The molecule has 302 valence electrons. The van der Waals surface area contributed by atoms with Crippen LogP contribution in [0.2, 0.25) is 0 Å². The van der Waals surface area contributed by atoms with E-state index in [0.29, 0.717) is 17.5 Å². The van der Waals surface area contributed by atoms with Crippen molar-refractivity contribution in [3.8, 4) is 67.7 Å². The molecule has 0 aliphatic carbocycles. The number of rotatable bonds is 9. The van der Waals surface area contributed by atoms with Gasteiger partial charge < -0.3 is 4.57 Å². The van der Waals surface area contributed by atoms with E-state index in [-0.39, 0.29) is 0 Å². The van der Waals surface area contributed by atoms with Crippen LogP contribution in [0.25, 0.3) is 89.4 Å². The molecule has 0 aliphatic rings. The van der Waals surface area contributed by atoms with Gasteiger partial charge in [0.2, 0.25) is 0 Å². The third-order valence-electron chi connectivity index (χ3n) is 11.8. The molecule has 64 heavy (non-hydrogen) atoms. The van der Waals surface area contributed by atoms with Gasteiger partial charge in [-0.15, -0.1) is 0 Å². The molecule has 0 amide bonds. The van der Waals surface area contributed by atoms with Crippen molar-refractivity contribution in [2.24, 2.45) is 0 Å². The normalized spacial score (nSPS) is 11.5. The highest BCUT2D eigenvalue weighted by Crippen LogP contribution is 2.43. The van der Waals surface area contributed by atoms with E-state index >= 15 is 4.57 Å². The van der Waals surface area contributed by atoms with Crippen molar-refractivity contribution in [2.75, 3.05) is 0 Å². The number of hydrogen-bond acceptors (Lipinski definition) is 5. The molecule has 11 rings (SSSR count). The Morgan fingerprint density at radius 2 is 0.719 bits per heavy atom. The van der Waals surface area contributed by atoms with Gasteiger partial charge in [0.25, 0.3) is 0 Å². The van der Waals surface area contributed by atoms with Gasteiger partial charge in [-0.05, 0) is 40.5 Å². The first kappa shape index (κ1) is 38.8. The van der Waals surface area contributed by atoms with E-state index in [9.17, 15) is 0 Å². The minimum absolute atomic E-state index is 0.532. The highest BCUT2D eigenvalue weighted by molar-refractivity contribution is 7.85. The van der Waals surface area contributed by atoms with Crippen molar-refractivity contribution in [3.63, 3.8) is 0 Å². The molecule has 0 N–H and O–H groups in total. The van der Waals surface area contributed by atoms with Gasteiger partial charge >= 0.3 is 0 Å². The summed E-state index contributed by atoms with van der Waals surface area (Å²) < 4.78 is 15.1. The second-order valence-electron chi connectivity index (χ2n) is 15.7. The van der Waals surface area contributed by atoms with E-state index in [1.54, 1.807) is 0 Å². The maximum Gasteiger partial charge on any atom is 0.171 e. The lowest BCUT2D eigenvalue weighted by molar-refractivity contribution is 0.592. The molecular formula is C58H39N4OP. The van der Waals surface area contributed by atoms with Crippen LogP contribution in [-0.2, 0) is 4.57 Å². The first-order valence-corrected chi connectivity index (χ1v) is 23.0. The Morgan fingerprint density at radius 3 is 1.34 bits per heavy atom. The van der Waals surface area contributed by atoms with Gasteiger partial charge in [-0.1, -0.05) is 218 Å². The summed E-state index contributed by atoms with van der Waals surface area (Å²) in [6.07, 6.45) is 0. The smallest absolute Gasteiger partial charge is 0.171 e. The zero-order valence-corrected chi connectivity index (χ0v) is 35.6. The average molecular weight is 839 g/mol. The van der Waals surface area contributed by atoms with Gasteiger partial charge in [-0.3, -0.25) is 0 Å². The number of pyridine rings is 1. The zero-order valence-electron chi connectivity index (χ0n) is 34.7. The highest BCUT2D eigenvalue weighted by atomic mass is 31.2. The van der Waals surface area contributed by atoms with Gasteiger partial charge in [-0.2, -0.15) is 0 Å². The van der Waals surface area contributed by atoms with Gasteiger partial charge in [0, 0.05) is 54.3 Å². The van der Waals surface area contributed by atoms with Crippen LogP contribution in [-0.4, -0.2) is 19.9 Å². The molecule has 6 heteroatoms. The fraction of sp³-hybridized carbons (Fsp3) is 0. The number of para-hydroxylation sites is 1. The zero-order chi connectivity index (χ0) is 42.9. The first-order chi connectivity index (χ1) is 31.6. The fourth-order valence-corrected chi connectivity index (χ4v) is 11.3. The first-order valence-electron chi connectivity index (χ1n) is 21.3. The van der Waals surface area contributed by atoms with Crippen molar-refractivity contribution >= 4 is 44.7 Å². The standard InChI is InChI=1S/C58H39N4OP/c63-64(47-26-9-3-10-27-47,48-28-11-4-12-29-48)49-36-34-42(35-37-49)57-60-56(41-20-7-2-8-21-41)61-58(62-57)46-25-16-23-44(39-46)43-22-15-24-45(38-43)50-31-17-32-52-54(50)51-30-13-14-33-53(51)59-55(52)40-18-5-1-6-19-40/h1-39H. The molecule has 0 unspecified atom stereocenters. The topological polar surface area (TPSA) is 68.6 Å². The van der Waals surface area contributed by atoms with Crippen LogP contribution in [0, 0.1) is 0 Å². The maximum atomic E-state index is 15.1. The number of fused-ring (bicyclic) bond motifs is 3. The summed E-state index contributed by atoms with van der Waals surface area (Å²) in [5.74, 6) is 1.67. The summed E-state index contributed by atoms with van der Waals surface area (Å²) in [6.45, 7) is 0. The third kappa shape index (κ3) is 7.18. The highest BCUT2D eigenvalue weighted by Gasteiger charge is 2.29. The maximum absolute atomic E-state index is 15.1. The summed E-state index contributed by atoms with van der Waals surface area (Å²) in [7, 11) is -3.16. The Kier molecular flexibility index (Phi) is 10.1. The number of hydrogen-bond donors (Lipinski definition) is 0. The summed E-state index contributed by atoms with van der Waals surface area (Å²) in [6, 6.07) is 79.8. The second kappa shape index (κ2) is 16.6. The predicted molar refractivity (Wildman–Crippen MR) is 265 cm³/mol. The summed E-state index contributed by atoms with van der Waals surface area (Å²) in [4.78, 5) is 20.3. The van der Waals surface area contributed by atoms with E-state index < -0.39 is 7.14 Å². The lowest BCUT2D eigenvalue weighted by Crippen LogP contribution is -2.24. The Morgan fingerprint density at radius 1 is 0.297 bits per heavy atom. The predicted octanol–water partition coefficient (Wildman–Crippen LogP) is 13.2. The van der Waals surface area contributed by atoms with Crippen LogP contribution in [0.1, 0.15) is 0 Å². The molecule has 0 aliphatic heterocycles. The minimum atomic E-state index is -3.16. The van der Waals surface area contributed by atoms with Gasteiger partial charge in [0.15, 0.2) is 24.6 Å². The summed E-state index contributed by atoms with van der Waals surface area (Å²) in [5, 5.41) is 5.73. The Bertz CT molecular complexity index is 3470. The van der Waals surface area contributed by atoms with E-state index in [2.05, 4.69) is 115 Å². The Balaban J connectivity index is 0.996. The van der Waals surface area contributed by atoms with E-state index in [1.165, 1.54) is 5.39 Å². The van der Waals surface area contributed by atoms with Gasteiger partial charge in [0.05, 0.1) is 11.2 Å². The quantitative estimate of drug-likeness (QED) is 0.107. The fourth-order valence-electron chi connectivity index (χ4n) is 8.66. The van der Waals surface area contributed by atoms with E-state index in [0.717, 1.165) is 82.4 Å². The van der Waals surface area contributed by atoms with Crippen molar-refractivity contribution in [1.29, 1.82) is 0 Å². The van der Waals surface area contributed by atoms with Crippen LogP contribution >= 0.6 is 7.14 Å². The average Bonchev–Trinajstić information content (AvgIpc) is 3.39. The molecule has 2 aromatic heterocycles. The van der Waals surface area contributed by atoms with Crippen LogP contribution in [0.15, 0.2) is 237 Å². The van der Waals surface area contributed by atoms with Crippen LogP contribution in [0.4, 0.5) is 0 Å². The molecule has 9 aromatic carbocycles. The molecule has 0 saturated carbocycles.